The van der Waals surface area contributed by atoms with Gasteiger partial charge in [-0.3, -0.25) is 9.59 Å². The lowest BCUT2D eigenvalue weighted by molar-refractivity contribution is -0.116. The molecule has 8 nitrogen and oxygen atoms in total. The van der Waals surface area contributed by atoms with Crippen molar-refractivity contribution in [1.82, 2.24) is 9.88 Å². The van der Waals surface area contributed by atoms with Crippen LogP contribution in [0.2, 0.25) is 0 Å². The second-order valence-corrected chi connectivity index (χ2v) is 7.47. The zero-order valence-corrected chi connectivity index (χ0v) is 17.8. The minimum Gasteiger partial charge on any atom is -0.494 e. The number of carbonyl (C=O) groups is 2. The van der Waals surface area contributed by atoms with Crippen LogP contribution >= 0.6 is 0 Å². The lowest BCUT2D eigenvalue weighted by atomic mass is 10.2. The van der Waals surface area contributed by atoms with E-state index < -0.39 is 0 Å². The van der Waals surface area contributed by atoms with E-state index in [-0.39, 0.29) is 11.8 Å². The van der Waals surface area contributed by atoms with Crippen molar-refractivity contribution < 1.29 is 18.7 Å². The number of pyridine rings is 1. The van der Waals surface area contributed by atoms with Gasteiger partial charge in [-0.25, -0.2) is 4.98 Å². The Morgan fingerprint density at radius 2 is 1.81 bits per heavy atom. The molecule has 166 valence electrons. The van der Waals surface area contributed by atoms with Crippen LogP contribution in [-0.4, -0.2) is 54.5 Å². The smallest absolute Gasteiger partial charge is 0.289 e. The molecule has 1 aliphatic heterocycles. The molecule has 1 aliphatic rings. The Morgan fingerprint density at radius 3 is 2.50 bits per heavy atom. The molecule has 3 heterocycles. The third-order valence-electron chi connectivity index (χ3n) is 5.21. The summed E-state index contributed by atoms with van der Waals surface area (Å²) in [7, 11) is 0. The summed E-state index contributed by atoms with van der Waals surface area (Å²) < 4.78 is 10.8. The number of aromatic nitrogens is 1. The monoisotopic (exact) mass is 434 g/mol. The Hall–Kier alpha value is -3.81. The van der Waals surface area contributed by atoms with Crippen molar-refractivity contribution in [2.24, 2.45) is 0 Å². The average Bonchev–Trinajstić information content (AvgIpc) is 3.38. The number of amides is 2. The number of para-hydroxylation sites is 1. The molecule has 1 aromatic carbocycles. The van der Waals surface area contributed by atoms with E-state index in [2.05, 4.69) is 15.2 Å². The van der Waals surface area contributed by atoms with Crippen LogP contribution in [0.1, 0.15) is 23.4 Å². The van der Waals surface area contributed by atoms with Crippen LogP contribution in [0.15, 0.2) is 71.5 Å². The maximum absolute atomic E-state index is 12.4. The largest absolute Gasteiger partial charge is 0.494 e. The first kappa shape index (κ1) is 21.4. The van der Waals surface area contributed by atoms with Gasteiger partial charge in [0.1, 0.15) is 11.6 Å². The second-order valence-electron chi connectivity index (χ2n) is 7.47. The van der Waals surface area contributed by atoms with Crippen molar-refractivity contribution in [3.05, 3.63) is 72.8 Å². The van der Waals surface area contributed by atoms with E-state index in [4.69, 9.17) is 9.15 Å². The number of piperazine rings is 1. The zero-order valence-electron chi connectivity index (χ0n) is 17.8. The van der Waals surface area contributed by atoms with E-state index in [1.54, 1.807) is 23.2 Å². The van der Waals surface area contributed by atoms with Gasteiger partial charge in [-0.2, -0.15) is 0 Å². The maximum Gasteiger partial charge on any atom is 0.289 e. The molecule has 2 aromatic heterocycles. The Kier molecular flexibility index (Phi) is 7.01. The number of hydrogen-bond acceptors (Lipinski definition) is 6. The van der Waals surface area contributed by atoms with Crippen molar-refractivity contribution >= 4 is 23.3 Å². The number of anilines is 2. The van der Waals surface area contributed by atoms with Gasteiger partial charge in [-0.05, 0) is 42.8 Å². The summed E-state index contributed by atoms with van der Waals surface area (Å²) in [5.74, 6) is 1.84. The van der Waals surface area contributed by atoms with Gasteiger partial charge in [-0.15, -0.1) is 0 Å². The van der Waals surface area contributed by atoms with Crippen LogP contribution < -0.4 is 15.0 Å². The van der Waals surface area contributed by atoms with Gasteiger partial charge < -0.3 is 24.3 Å². The summed E-state index contributed by atoms with van der Waals surface area (Å²) in [4.78, 5) is 32.9. The van der Waals surface area contributed by atoms with Crippen LogP contribution in [0.4, 0.5) is 11.5 Å². The third-order valence-corrected chi connectivity index (χ3v) is 5.21. The molecular weight excluding hydrogens is 408 g/mol. The molecule has 0 unspecified atom stereocenters. The predicted octanol–water partition coefficient (Wildman–Crippen LogP) is 3.43. The molecule has 32 heavy (non-hydrogen) atoms. The van der Waals surface area contributed by atoms with Crippen molar-refractivity contribution in [2.75, 3.05) is 43.0 Å². The van der Waals surface area contributed by atoms with Gasteiger partial charge in [0.05, 0.1) is 24.8 Å². The van der Waals surface area contributed by atoms with Crippen LogP contribution in [0, 0.1) is 0 Å². The van der Waals surface area contributed by atoms with E-state index in [9.17, 15) is 9.59 Å². The van der Waals surface area contributed by atoms with E-state index in [0.717, 1.165) is 11.6 Å². The molecule has 0 atom stereocenters. The number of nitrogens with zero attached hydrogens (tertiary/aromatic N) is 3. The van der Waals surface area contributed by atoms with Gasteiger partial charge in [-0.1, -0.05) is 18.2 Å². The van der Waals surface area contributed by atoms with Gasteiger partial charge in [0.25, 0.3) is 5.91 Å². The zero-order chi connectivity index (χ0) is 22.2. The lowest BCUT2D eigenvalue weighted by Crippen LogP contribution is -2.49. The fraction of sp³-hybridized carbons (Fsp3) is 0.292. The number of rotatable bonds is 8. The lowest BCUT2D eigenvalue weighted by Gasteiger charge is -2.35. The molecule has 0 radical (unpaired) electrons. The molecule has 0 bridgehead atoms. The average molecular weight is 434 g/mol. The predicted molar refractivity (Wildman–Crippen MR) is 121 cm³/mol. The number of carbonyl (C=O) groups excluding carboxylic acids is 2. The van der Waals surface area contributed by atoms with Crippen LogP contribution in [0.25, 0.3) is 0 Å². The van der Waals surface area contributed by atoms with Gasteiger partial charge in [0, 0.05) is 32.6 Å². The fourth-order valence-electron chi connectivity index (χ4n) is 3.50. The van der Waals surface area contributed by atoms with Crippen molar-refractivity contribution in [3.8, 4) is 5.75 Å². The van der Waals surface area contributed by atoms with Gasteiger partial charge >= 0.3 is 0 Å². The molecule has 8 heteroatoms. The Labute approximate surface area is 186 Å². The maximum atomic E-state index is 12.4. The van der Waals surface area contributed by atoms with Gasteiger partial charge in [0.2, 0.25) is 5.91 Å². The summed E-state index contributed by atoms with van der Waals surface area (Å²) >= 11 is 0. The molecule has 1 fully saturated rings. The van der Waals surface area contributed by atoms with Crippen molar-refractivity contribution in [2.45, 2.75) is 12.8 Å². The quantitative estimate of drug-likeness (QED) is 0.547. The number of nitrogens with one attached hydrogen (secondary N) is 1. The second kappa shape index (κ2) is 10.5. The summed E-state index contributed by atoms with van der Waals surface area (Å²) in [6, 6.07) is 16.7. The van der Waals surface area contributed by atoms with Crippen molar-refractivity contribution in [1.29, 1.82) is 0 Å². The summed E-state index contributed by atoms with van der Waals surface area (Å²) in [6.07, 6.45) is 4.17. The molecule has 1 N–H and O–H groups in total. The first-order chi connectivity index (χ1) is 15.7. The van der Waals surface area contributed by atoms with Crippen LogP contribution in [0.3, 0.4) is 0 Å². The van der Waals surface area contributed by atoms with Crippen LogP contribution in [0.5, 0.6) is 5.75 Å². The molecule has 1 saturated heterocycles. The Balaban J connectivity index is 1.19. The number of hydrogen-bond donors (Lipinski definition) is 1. The van der Waals surface area contributed by atoms with Crippen molar-refractivity contribution in [3.63, 3.8) is 0 Å². The number of furan rings is 1. The topological polar surface area (TPSA) is 87.9 Å². The Bertz CT molecular complexity index is 998. The van der Waals surface area contributed by atoms with E-state index >= 15 is 0 Å². The first-order valence-electron chi connectivity index (χ1n) is 10.7. The molecule has 4 rings (SSSR count). The fourth-order valence-corrected chi connectivity index (χ4v) is 3.50. The van der Waals surface area contributed by atoms with E-state index in [1.807, 2.05) is 42.5 Å². The third kappa shape index (κ3) is 5.66. The molecule has 0 saturated carbocycles. The number of benzene rings is 1. The molecular formula is C24H26N4O4. The highest BCUT2D eigenvalue weighted by molar-refractivity contribution is 5.91. The number of ether oxygens (including phenoxy) is 1. The highest BCUT2D eigenvalue weighted by Gasteiger charge is 2.24. The summed E-state index contributed by atoms with van der Waals surface area (Å²) in [5.41, 5.74) is 0.661. The van der Waals surface area contributed by atoms with Crippen LogP contribution in [-0.2, 0) is 4.79 Å². The summed E-state index contributed by atoms with van der Waals surface area (Å²) in [6.45, 7) is 3.07. The first-order valence-corrected chi connectivity index (χ1v) is 10.7. The SMILES string of the molecule is O=C(CCCOc1ccccc1)Nc1ccc(N2CCN(C(=O)c3ccco3)CC2)nc1. The summed E-state index contributed by atoms with van der Waals surface area (Å²) in [5, 5.41) is 2.87. The van der Waals surface area contributed by atoms with Gasteiger partial charge in [0.15, 0.2) is 5.76 Å². The Morgan fingerprint density at radius 1 is 1.00 bits per heavy atom. The molecule has 0 aliphatic carbocycles. The standard InChI is InChI=1S/C24H26N4O4/c29-23(9-5-16-31-20-6-2-1-3-7-20)26-19-10-11-22(25-18-19)27-12-14-28(15-13-27)24(30)21-8-4-17-32-21/h1-4,6-8,10-11,17-18H,5,9,12-16H2,(H,26,29). The molecule has 3 aromatic rings. The molecule has 2 amide bonds. The normalized spacial score (nSPS) is 13.6. The molecule has 0 spiro atoms. The van der Waals surface area contributed by atoms with E-state index in [1.165, 1.54) is 6.26 Å². The minimum atomic E-state index is -0.0881. The van der Waals surface area contributed by atoms with E-state index in [0.29, 0.717) is 57.1 Å². The minimum absolute atomic E-state index is 0.0683. The highest BCUT2D eigenvalue weighted by Crippen LogP contribution is 2.18. The highest BCUT2D eigenvalue weighted by atomic mass is 16.5.